The molecule has 1 N–H and O–H groups in total. The topological polar surface area (TPSA) is 131 Å². The van der Waals surface area contributed by atoms with E-state index in [4.69, 9.17) is 19.6 Å². The highest BCUT2D eigenvalue weighted by Gasteiger charge is 2.39. The molecule has 0 saturated heterocycles. The van der Waals surface area contributed by atoms with Crippen molar-refractivity contribution in [2.75, 3.05) is 25.6 Å². The molecule has 0 aliphatic carbocycles. The minimum atomic E-state index is -3.59. The molecule has 37 heavy (non-hydrogen) atoms. The molecule has 4 rings (SSSR count). The number of hydrogen-bond acceptors (Lipinski definition) is 9. The molecule has 2 aromatic rings. The van der Waals surface area contributed by atoms with Gasteiger partial charge in [-0.2, -0.15) is 10.0 Å². The average molecular weight is 543 g/mol. The van der Waals surface area contributed by atoms with Gasteiger partial charge < -0.3 is 14.2 Å². The molecule has 0 radical (unpaired) electrons. The van der Waals surface area contributed by atoms with Gasteiger partial charge in [-0.15, -0.1) is 5.10 Å². The second-order valence-electron chi connectivity index (χ2n) is 7.89. The summed E-state index contributed by atoms with van der Waals surface area (Å²) in [6, 6.07) is 12.9. The molecule has 12 heteroatoms. The Kier molecular flexibility index (Phi) is 7.98. The fourth-order valence-electron chi connectivity index (χ4n) is 3.41. The monoisotopic (exact) mass is 542 g/mol. The Morgan fingerprint density at radius 3 is 2.46 bits per heavy atom. The number of rotatable bonds is 9. The number of hydrogen-bond donors (Lipinski definition) is 1. The van der Waals surface area contributed by atoms with Crippen molar-refractivity contribution >= 4 is 49.0 Å². The summed E-state index contributed by atoms with van der Waals surface area (Å²) in [4.78, 5) is 16.6. The van der Waals surface area contributed by atoms with Gasteiger partial charge >= 0.3 is 0 Å². The minimum Gasteiger partial charge on any atom is -0.490 e. The van der Waals surface area contributed by atoms with Crippen LogP contribution in [0.1, 0.15) is 25.0 Å². The quantitative estimate of drug-likeness (QED) is 0.373. The molecule has 0 fully saturated rings. The fraction of sp³-hybridized carbons (Fsp3) is 0.280. The molecule has 0 atom stereocenters. The van der Waals surface area contributed by atoms with Gasteiger partial charge in [0.1, 0.15) is 19.0 Å². The van der Waals surface area contributed by atoms with Gasteiger partial charge in [0.2, 0.25) is 19.4 Å². The van der Waals surface area contributed by atoms with Gasteiger partial charge in [-0.25, -0.2) is 8.42 Å². The largest absolute Gasteiger partial charge is 0.490 e. The van der Waals surface area contributed by atoms with E-state index in [9.17, 15) is 13.2 Å². The summed E-state index contributed by atoms with van der Waals surface area (Å²) >= 11 is 0.764. The molecule has 0 unspecified atom stereocenters. The number of aryl methyl sites for hydroxylation is 1. The third-order valence-corrected chi connectivity index (χ3v) is 8.44. The molecule has 2 aliphatic rings. The van der Waals surface area contributed by atoms with Gasteiger partial charge in [-0.05, 0) is 61.0 Å². The number of hydrazone groups is 1. The van der Waals surface area contributed by atoms with Crippen molar-refractivity contribution in [2.24, 2.45) is 10.1 Å². The summed E-state index contributed by atoms with van der Waals surface area (Å²) in [5.74, 6) is 0.728. The van der Waals surface area contributed by atoms with Crippen LogP contribution in [0.4, 0.5) is 0 Å². The number of thioether (sulfide) groups is 1. The van der Waals surface area contributed by atoms with Gasteiger partial charge in [0.15, 0.2) is 17.3 Å². The number of amides is 1. The second-order valence-corrected chi connectivity index (χ2v) is 11.3. The predicted octanol–water partition coefficient (Wildman–Crippen LogP) is 3.86. The van der Waals surface area contributed by atoms with Crippen LogP contribution in [-0.4, -0.2) is 60.3 Å². The first-order valence-corrected chi connectivity index (χ1v) is 14.0. The number of benzene rings is 2. The van der Waals surface area contributed by atoms with Gasteiger partial charge in [-0.1, -0.05) is 31.2 Å². The number of nitrogens with one attached hydrogen (secondary N) is 1. The molecule has 2 aromatic carbocycles. The van der Waals surface area contributed by atoms with E-state index in [0.717, 1.165) is 28.1 Å². The van der Waals surface area contributed by atoms with Crippen LogP contribution < -0.4 is 14.2 Å². The van der Waals surface area contributed by atoms with Crippen LogP contribution in [0, 0.1) is 12.3 Å². The number of aliphatic imine (C=N–C) groups is 1. The minimum absolute atomic E-state index is 0.0222. The molecule has 0 bridgehead atoms. The number of amidine groups is 2. The van der Waals surface area contributed by atoms with Gasteiger partial charge in [0.25, 0.3) is 5.91 Å². The van der Waals surface area contributed by atoms with Gasteiger partial charge in [0, 0.05) is 0 Å². The fourth-order valence-corrected chi connectivity index (χ4v) is 5.58. The Morgan fingerprint density at radius 2 is 1.76 bits per heavy atom. The zero-order valence-electron chi connectivity index (χ0n) is 20.6. The first-order chi connectivity index (χ1) is 17.7. The van der Waals surface area contributed by atoms with Crippen LogP contribution in [0.5, 0.6) is 17.2 Å². The van der Waals surface area contributed by atoms with E-state index in [1.807, 2.05) is 38.1 Å². The molecule has 1 amide bonds. The highest BCUT2D eigenvalue weighted by Crippen LogP contribution is 2.33. The lowest BCUT2D eigenvalue weighted by Crippen LogP contribution is -2.35. The summed E-state index contributed by atoms with van der Waals surface area (Å²) in [5, 5.41) is 13.6. The molecule has 10 nitrogen and oxygen atoms in total. The molecule has 0 saturated carbocycles. The number of ether oxygens (including phenoxy) is 3. The van der Waals surface area contributed by atoms with Crippen molar-refractivity contribution in [1.29, 1.82) is 5.41 Å². The number of para-hydroxylation sites is 1. The van der Waals surface area contributed by atoms with E-state index in [0.29, 0.717) is 36.9 Å². The predicted molar refractivity (Wildman–Crippen MR) is 144 cm³/mol. The number of nitrogens with zero attached hydrogens (tertiary/aromatic N) is 3. The number of carbonyl (C=O) groups is 1. The van der Waals surface area contributed by atoms with Gasteiger partial charge in [-0.3, -0.25) is 10.2 Å². The zero-order chi connectivity index (χ0) is 26.6. The first kappa shape index (κ1) is 26.4. The summed E-state index contributed by atoms with van der Waals surface area (Å²) in [5.41, 5.74) is 1.59. The summed E-state index contributed by atoms with van der Waals surface area (Å²) in [6.07, 6.45) is 1.49. The van der Waals surface area contributed by atoms with Crippen LogP contribution in [0.15, 0.2) is 58.1 Å². The van der Waals surface area contributed by atoms with Crippen molar-refractivity contribution < 1.29 is 27.4 Å². The maximum Gasteiger partial charge on any atom is 0.283 e. The molecule has 2 aliphatic heterocycles. The maximum atomic E-state index is 12.7. The molecule has 0 spiro atoms. The Labute approximate surface area is 219 Å². The molecule has 0 aromatic heterocycles. The number of sulfone groups is 1. The Balaban J connectivity index is 1.50. The number of carbonyl (C=O) groups excluding carboxylic acids is 1. The van der Waals surface area contributed by atoms with E-state index >= 15 is 0 Å². The molecular formula is C25H26N4O6S2. The number of fused-ring (bicyclic) bond motifs is 1. The Bertz CT molecular complexity index is 1430. The van der Waals surface area contributed by atoms with E-state index in [2.05, 4.69) is 10.1 Å². The van der Waals surface area contributed by atoms with Crippen LogP contribution in [-0.2, 0) is 14.6 Å². The summed E-state index contributed by atoms with van der Waals surface area (Å²) < 4.78 is 41.5. The van der Waals surface area contributed by atoms with Crippen molar-refractivity contribution in [3.63, 3.8) is 0 Å². The highest BCUT2D eigenvalue weighted by atomic mass is 32.3. The van der Waals surface area contributed by atoms with Crippen molar-refractivity contribution in [1.82, 2.24) is 5.01 Å². The summed E-state index contributed by atoms with van der Waals surface area (Å²) in [7, 11) is -3.59. The van der Waals surface area contributed by atoms with Crippen LogP contribution in [0.25, 0.3) is 6.08 Å². The van der Waals surface area contributed by atoms with Crippen LogP contribution in [0.3, 0.4) is 0 Å². The van der Waals surface area contributed by atoms with E-state index in [1.165, 1.54) is 13.0 Å². The van der Waals surface area contributed by atoms with Crippen molar-refractivity contribution in [2.45, 2.75) is 20.8 Å². The van der Waals surface area contributed by atoms with E-state index in [1.54, 1.807) is 18.2 Å². The maximum absolute atomic E-state index is 12.7. The molecule has 194 valence electrons. The first-order valence-electron chi connectivity index (χ1n) is 11.5. The van der Waals surface area contributed by atoms with Crippen molar-refractivity contribution in [3.05, 3.63) is 59.2 Å². The normalized spacial score (nSPS) is 16.4. The lowest BCUT2D eigenvalue weighted by atomic mass is 10.1. The smallest absolute Gasteiger partial charge is 0.283 e. The SMILES string of the molecule is CCOc1cc(/C=C2\C(=N)N3N=C(S(=O)(=O)CC)SC3=NC2=O)ccc1OCCOc1ccccc1C. The Hall–Kier alpha value is -3.64. The van der Waals surface area contributed by atoms with Crippen LogP contribution >= 0.6 is 11.8 Å². The summed E-state index contributed by atoms with van der Waals surface area (Å²) in [6.45, 7) is 6.35. The van der Waals surface area contributed by atoms with Crippen molar-refractivity contribution in [3.8, 4) is 17.2 Å². The second kappa shape index (κ2) is 11.2. The molecular weight excluding hydrogens is 516 g/mol. The van der Waals surface area contributed by atoms with E-state index in [-0.39, 0.29) is 26.7 Å². The lowest BCUT2D eigenvalue weighted by molar-refractivity contribution is -0.114. The standard InChI is InChI=1S/C25H26N4O6S2/c1-4-33-21-15-17(10-11-20(21)35-13-12-34-19-9-7-6-8-16(19)3)14-18-22(26)29-24(27-23(18)30)36-25(28-29)37(31,32)5-2/h6-11,14-15,26H,4-5,12-13H2,1-3H3/b18-14+,26-22?. The van der Waals surface area contributed by atoms with E-state index < -0.39 is 15.7 Å². The van der Waals surface area contributed by atoms with Gasteiger partial charge in [0.05, 0.1) is 17.9 Å². The third-order valence-electron chi connectivity index (χ3n) is 5.35. The zero-order valence-corrected chi connectivity index (χ0v) is 22.2. The average Bonchev–Trinajstić information content (AvgIpc) is 3.32. The van der Waals surface area contributed by atoms with Crippen LogP contribution in [0.2, 0.25) is 0 Å². The third kappa shape index (κ3) is 5.86. The molecule has 2 heterocycles. The Morgan fingerprint density at radius 1 is 1.03 bits per heavy atom. The lowest BCUT2D eigenvalue weighted by Gasteiger charge is -2.20. The highest BCUT2D eigenvalue weighted by molar-refractivity contribution is 8.42.